The molecule has 0 aliphatic carbocycles. The number of hydrogen-bond donors (Lipinski definition) is 2. The summed E-state index contributed by atoms with van der Waals surface area (Å²) < 4.78 is 11.6. The highest BCUT2D eigenvalue weighted by Crippen LogP contribution is 2.35. The molecule has 198 valence electrons. The average molecular weight is 516 g/mol. The fourth-order valence-corrected chi connectivity index (χ4v) is 4.37. The van der Waals surface area contributed by atoms with Gasteiger partial charge in [-0.2, -0.15) is 0 Å². The zero-order valence-electron chi connectivity index (χ0n) is 21.3. The Kier molecular flexibility index (Phi) is 9.40. The Morgan fingerprint density at radius 2 is 1.66 bits per heavy atom. The summed E-state index contributed by atoms with van der Waals surface area (Å²) >= 11 is 0. The van der Waals surface area contributed by atoms with Crippen LogP contribution in [-0.4, -0.2) is 48.0 Å². The molecule has 0 fully saturated rings. The number of aliphatic carboxylic acids is 2. The number of nitrogens with zero attached hydrogens (tertiary/aromatic N) is 1. The number of ether oxygens (including phenoxy) is 2. The van der Waals surface area contributed by atoms with Crippen molar-refractivity contribution >= 4 is 29.8 Å². The zero-order valence-corrected chi connectivity index (χ0v) is 21.3. The van der Waals surface area contributed by atoms with Crippen molar-refractivity contribution in [1.29, 1.82) is 0 Å². The van der Waals surface area contributed by atoms with Gasteiger partial charge in [0.15, 0.2) is 0 Å². The van der Waals surface area contributed by atoms with Crippen LogP contribution in [-0.2, 0) is 16.0 Å². The maximum absolute atomic E-state index is 11.6. The molecule has 0 aromatic heterocycles. The third kappa shape index (κ3) is 7.87. The van der Waals surface area contributed by atoms with Crippen molar-refractivity contribution in [3.63, 3.8) is 0 Å². The number of carbonyl (C=O) groups is 2. The van der Waals surface area contributed by atoms with Gasteiger partial charge in [0.2, 0.25) is 6.10 Å². The Balaban J connectivity index is 1.31. The first-order chi connectivity index (χ1) is 18.5. The Labute approximate surface area is 222 Å². The lowest BCUT2D eigenvalue weighted by atomic mass is 10.1. The van der Waals surface area contributed by atoms with Gasteiger partial charge in [-0.25, -0.2) is 4.79 Å². The predicted molar refractivity (Wildman–Crippen MR) is 148 cm³/mol. The molecule has 1 heterocycles. The topological polar surface area (TPSA) is 96.3 Å². The number of unbranched alkanes of at least 4 members (excludes halogenated alkanes) is 1. The second kappa shape index (κ2) is 13.3. The maximum atomic E-state index is 11.6. The van der Waals surface area contributed by atoms with Crippen molar-refractivity contribution in [2.24, 2.45) is 0 Å². The van der Waals surface area contributed by atoms with Crippen LogP contribution >= 0.6 is 0 Å². The van der Waals surface area contributed by atoms with Gasteiger partial charge in [0.1, 0.15) is 11.5 Å². The molecule has 4 rings (SSSR count). The molecule has 0 spiro atoms. The molecule has 1 atom stereocenters. The van der Waals surface area contributed by atoms with Gasteiger partial charge >= 0.3 is 11.9 Å². The second-order valence-corrected chi connectivity index (χ2v) is 9.31. The number of anilines is 1. The molecule has 0 radical (unpaired) electrons. The Hall–Kier alpha value is -4.26. The molecule has 7 heteroatoms. The number of hydrogen-bond acceptors (Lipinski definition) is 5. The van der Waals surface area contributed by atoms with E-state index in [-0.39, 0.29) is 13.0 Å². The number of aryl methyl sites for hydroxylation is 1. The van der Waals surface area contributed by atoms with E-state index in [1.807, 2.05) is 65.6 Å². The largest absolute Gasteiger partial charge is 0.494 e. The van der Waals surface area contributed by atoms with E-state index in [9.17, 15) is 14.7 Å². The van der Waals surface area contributed by atoms with E-state index in [4.69, 9.17) is 14.6 Å². The van der Waals surface area contributed by atoms with Crippen LogP contribution in [0.5, 0.6) is 11.5 Å². The first-order valence-electron chi connectivity index (χ1n) is 12.9. The molecule has 0 saturated carbocycles. The van der Waals surface area contributed by atoms with Crippen LogP contribution in [0.4, 0.5) is 5.69 Å². The Morgan fingerprint density at radius 3 is 2.39 bits per heavy atom. The SMILES string of the molecule is O=C(O)CCCN1CC(C(=O)O)Oc2cc(C=Cc3ccc(OCCCCc4ccccc4)cc3)ccc21. The maximum Gasteiger partial charge on any atom is 0.346 e. The standard InChI is InChI=1S/C31H33NO6/c33-30(34)10-6-19-32-22-29(31(35)36)38-28-21-25(15-18-27(28)32)12-11-24-13-16-26(17-14-24)37-20-5-4-9-23-7-2-1-3-8-23/h1-3,7-8,11-18,21,29H,4-6,9-10,19-20,22H2,(H,33,34)(H,35,36). The molecule has 1 unspecified atom stereocenters. The average Bonchev–Trinajstić information content (AvgIpc) is 2.92. The van der Waals surface area contributed by atoms with Crippen molar-refractivity contribution < 1.29 is 29.3 Å². The normalized spacial score (nSPS) is 14.6. The van der Waals surface area contributed by atoms with Crippen molar-refractivity contribution in [3.05, 3.63) is 89.5 Å². The highest BCUT2D eigenvalue weighted by atomic mass is 16.5. The minimum absolute atomic E-state index is 0.0311. The fraction of sp³-hybridized carbons (Fsp3) is 0.290. The summed E-state index contributed by atoms with van der Waals surface area (Å²) in [6.07, 6.45) is 6.52. The lowest BCUT2D eigenvalue weighted by Crippen LogP contribution is -2.44. The number of fused-ring (bicyclic) bond motifs is 1. The number of carboxylic acid groups (broad SMARTS) is 2. The highest BCUT2D eigenvalue weighted by molar-refractivity contribution is 5.78. The first kappa shape index (κ1) is 26.8. The van der Waals surface area contributed by atoms with Gasteiger partial charge in [0.25, 0.3) is 0 Å². The molecule has 1 aliphatic heterocycles. The number of carboxylic acids is 2. The van der Waals surface area contributed by atoms with Gasteiger partial charge in [-0.05, 0) is 66.6 Å². The Morgan fingerprint density at radius 1 is 0.921 bits per heavy atom. The number of benzene rings is 3. The van der Waals surface area contributed by atoms with Gasteiger partial charge in [-0.15, -0.1) is 0 Å². The van der Waals surface area contributed by atoms with Crippen LogP contribution in [0.25, 0.3) is 12.2 Å². The molecule has 2 N–H and O–H groups in total. The third-order valence-electron chi connectivity index (χ3n) is 6.39. The van der Waals surface area contributed by atoms with Gasteiger partial charge < -0.3 is 24.6 Å². The first-order valence-corrected chi connectivity index (χ1v) is 12.9. The predicted octanol–water partition coefficient (Wildman–Crippen LogP) is 5.78. The molecule has 0 amide bonds. The Bertz CT molecular complexity index is 1240. The quantitative estimate of drug-likeness (QED) is 0.220. The summed E-state index contributed by atoms with van der Waals surface area (Å²) in [5.41, 5.74) is 4.01. The lowest BCUT2D eigenvalue weighted by Gasteiger charge is -2.34. The van der Waals surface area contributed by atoms with Gasteiger partial charge in [0, 0.05) is 13.0 Å². The van der Waals surface area contributed by atoms with Crippen LogP contribution in [0.2, 0.25) is 0 Å². The van der Waals surface area contributed by atoms with Crippen molar-refractivity contribution in [1.82, 2.24) is 0 Å². The molecule has 3 aromatic carbocycles. The number of rotatable bonds is 13. The summed E-state index contributed by atoms with van der Waals surface area (Å²) in [5, 5.41) is 18.4. The van der Waals surface area contributed by atoms with E-state index in [1.54, 1.807) is 0 Å². The van der Waals surface area contributed by atoms with E-state index < -0.39 is 18.0 Å². The van der Waals surface area contributed by atoms with E-state index in [1.165, 1.54) is 5.56 Å². The summed E-state index contributed by atoms with van der Waals surface area (Å²) in [6, 6.07) is 24.0. The second-order valence-electron chi connectivity index (χ2n) is 9.31. The molecule has 7 nitrogen and oxygen atoms in total. The molecule has 38 heavy (non-hydrogen) atoms. The third-order valence-corrected chi connectivity index (χ3v) is 6.39. The summed E-state index contributed by atoms with van der Waals surface area (Å²) in [7, 11) is 0. The van der Waals surface area contributed by atoms with E-state index in [2.05, 4.69) is 24.3 Å². The smallest absolute Gasteiger partial charge is 0.346 e. The minimum Gasteiger partial charge on any atom is -0.494 e. The molecule has 0 bridgehead atoms. The van der Waals surface area contributed by atoms with Crippen LogP contribution in [0.15, 0.2) is 72.8 Å². The van der Waals surface area contributed by atoms with Crippen molar-refractivity contribution in [3.8, 4) is 11.5 Å². The monoisotopic (exact) mass is 515 g/mol. The van der Waals surface area contributed by atoms with E-state index >= 15 is 0 Å². The van der Waals surface area contributed by atoms with Crippen molar-refractivity contribution in [2.45, 2.75) is 38.2 Å². The van der Waals surface area contributed by atoms with Crippen LogP contribution in [0.3, 0.4) is 0 Å². The van der Waals surface area contributed by atoms with E-state index in [0.29, 0.717) is 25.3 Å². The van der Waals surface area contributed by atoms with Gasteiger partial charge in [-0.1, -0.05) is 60.7 Å². The molecule has 0 saturated heterocycles. The summed E-state index contributed by atoms with van der Waals surface area (Å²) in [6.45, 7) is 1.31. The molecular formula is C31H33NO6. The van der Waals surface area contributed by atoms with E-state index in [0.717, 1.165) is 41.8 Å². The zero-order chi connectivity index (χ0) is 26.7. The van der Waals surface area contributed by atoms with Crippen molar-refractivity contribution in [2.75, 3.05) is 24.6 Å². The summed E-state index contributed by atoms with van der Waals surface area (Å²) in [4.78, 5) is 24.4. The molecule has 1 aliphatic rings. The van der Waals surface area contributed by atoms with Gasteiger partial charge in [-0.3, -0.25) is 4.79 Å². The van der Waals surface area contributed by atoms with Crippen LogP contribution in [0, 0.1) is 0 Å². The van der Waals surface area contributed by atoms with Crippen LogP contribution < -0.4 is 14.4 Å². The van der Waals surface area contributed by atoms with Crippen LogP contribution in [0.1, 0.15) is 42.4 Å². The molecule has 3 aromatic rings. The minimum atomic E-state index is -1.04. The highest BCUT2D eigenvalue weighted by Gasteiger charge is 2.30. The molecular weight excluding hydrogens is 482 g/mol. The summed E-state index contributed by atoms with van der Waals surface area (Å²) in [5.74, 6) is -0.589. The lowest BCUT2D eigenvalue weighted by molar-refractivity contribution is -0.145. The fourth-order valence-electron chi connectivity index (χ4n) is 4.37. The van der Waals surface area contributed by atoms with Gasteiger partial charge in [0.05, 0.1) is 18.8 Å².